The van der Waals surface area contributed by atoms with Crippen molar-refractivity contribution in [2.45, 2.75) is 5.41 Å². The van der Waals surface area contributed by atoms with E-state index in [1.54, 1.807) is 0 Å². The van der Waals surface area contributed by atoms with Gasteiger partial charge in [0.15, 0.2) is 0 Å². The van der Waals surface area contributed by atoms with Crippen molar-refractivity contribution in [1.82, 2.24) is 0 Å². The Morgan fingerprint density at radius 1 is 0.266 bits per heavy atom. The Hall–Kier alpha value is -8.26. The Kier molecular flexibility index (Phi) is 9.13. The van der Waals surface area contributed by atoms with Crippen LogP contribution in [-0.2, 0) is 5.41 Å². The Labute approximate surface area is 374 Å². The van der Waals surface area contributed by atoms with E-state index in [4.69, 9.17) is 0 Å². The molecule has 0 fully saturated rings. The summed E-state index contributed by atoms with van der Waals surface area (Å²) in [6.07, 6.45) is 0. The molecule has 12 rings (SSSR count). The second-order valence-corrected chi connectivity index (χ2v) is 16.8. The van der Waals surface area contributed by atoms with E-state index in [9.17, 15) is 0 Å². The molecule has 11 aromatic rings. The molecule has 0 amide bonds. The van der Waals surface area contributed by atoms with Gasteiger partial charge in [-0.2, -0.15) is 0 Å². The lowest BCUT2D eigenvalue weighted by Gasteiger charge is -2.34. The lowest BCUT2D eigenvalue weighted by molar-refractivity contribution is 0.768. The number of hydrogen-bond acceptors (Lipinski definition) is 1. The van der Waals surface area contributed by atoms with Crippen LogP contribution in [0, 0.1) is 0 Å². The number of benzene rings is 11. The number of anilines is 3. The zero-order chi connectivity index (χ0) is 42.5. The first kappa shape index (κ1) is 37.5. The summed E-state index contributed by atoms with van der Waals surface area (Å²) in [6, 6.07) is 95.9. The van der Waals surface area contributed by atoms with Crippen molar-refractivity contribution in [2.75, 3.05) is 4.90 Å². The first-order valence-corrected chi connectivity index (χ1v) is 22.2. The molecule has 0 aromatic heterocycles. The molecule has 0 unspecified atom stereocenters. The van der Waals surface area contributed by atoms with Gasteiger partial charge in [0.1, 0.15) is 0 Å². The number of rotatable bonds is 8. The summed E-state index contributed by atoms with van der Waals surface area (Å²) >= 11 is 0. The van der Waals surface area contributed by atoms with Crippen LogP contribution >= 0.6 is 0 Å². The minimum absolute atomic E-state index is 0.486. The highest BCUT2D eigenvalue weighted by Gasteiger charge is 2.46. The summed E-state index contributed by atoms with van der Waals surface area (Å²) in [5.74, 6) is 0. The fourth-order valence-corrected chi connectivity index (χ4v) is 10.5. The van der Waals surface area contributed by atoms with E-state index in [2.05, 4.69) is 266 Å². The molecule has 0 bridgehead atoms. The Morgan fingerprint density at radius 2 is 0.672 bits per heavy atom. The van der Waals surface area contributed by atoms with Gasteiger partial charge < -0.3 is 4.90 Å². The standard InChI is InChI=1S/C63H43N/c1-5-19-44(20-6-1)45-33-35-46(36-34-45)47-37-39-51(40-38-47)64(62-57-31-16-14-28-54(57)53-27-13-15-30-56(53)61(62)48-21-7-2-8-22-48)52-41-42-60-58(43-52)55-29-17-18-32-59(55)63(60,49-23-9-3-10-24-49)50-25-11-4-12-26-50/h1-43H. The summed E-state index contributed by atoms with van der Waals surface area (Å²) in [7, 11) is 0. The molecular weight excluding hydrogens is 771 g/mol. The summed E-state index contributed by atoms with van der Waals surface area (Å²) in [5.41, 5.74) is 17.7. The molecule has 1 aliphatic rings. The van der Waals surface area contributed by atoms with Gasteiger partial charge in [-0.25, -0.2) is 0 Å². The minimum Gasteiger partial charge on any atom is -0.309 e. The predicted molar refractivity (Wildman–Crippen MR) is 270 cm³/mol. The summed E-state index contributed by atoms with van der Waals surface area (Å²) in [6.45, 7) is 0. The van der Waals surface area contributed by atoms with Crippen molar-refractivity contribution in [2.24, 2.45) is 0 Å². The van der Waals surface area contributed by atoms with Gasteiger partial charge in [-0.05, 0) is 102 Å². The first-order valence-electron chi connectivity index (χ1n) is 22.2. The molecule has 0 atom stereocenters. The topological polar surface area (TPSA) is 3.24 Å². The SMILES string of the molecule is c1ccc(-c2ccc(-c3ccc(N(c4ccc5c(c4)-c4ccccc4C5(c4ccccc4)c4ccccc4)c4c(-c5ccccc5)c5ccccc5c5ccccc45)cc3)cc2)cc1. The fraction of sp³-hybridized carbons (Fsp3) is 0.0159. The van der Waals surface area contributed by atoms with Crippen LogP contribution in [0.25, 0.3) is 66.1 Å². The largest absolute Gasteiger partial charge is 0.309 e. The molecule has 1 aliphatic carbocycles. The highest BCUT2D eigenvalue weighted by molar-refractivity contribution is 6.22. The molecular formula is C63H43N. The summed E-state index contributed by atoms with van der Waals surface area (Å²) in [4.78, 5) is 2.52. The zero-order valence-electron chi connectivity index (χ0n) is 35.3. The maximum Gasteiger partial charge on any atom is 0.0713 e. The molecule has 0 saturated heterocycles. The van der Waals surface area contributed by atoms with E-state index in [1.165, 1.54) is 88.3 Å². The van der Waals surface area contributed by atoms with Gasteiger partial charge >= 0.3 is 0 Å². The third-order valence-corrected chi connectivity index (χ3v) is 13.3. The lowest BCUT2D eigenvalue weighted by atomic mass is 9.68. The van der Waals surface area contributed by atoms with E-state index in [0.717, 1.165) is 17.1 Å². The van der Waals surface area contributed by atoms with Gasteiger partial charge in [-0.15, -0.1) is 0 Å². The molecule has 0 heterocycles. The van der Waals surface area contributed by atoms with Crippen molar-refractivity contribution in [1.29, 1.82) is 0 Å². The van der Waals surface area contributed by atoms with Crippen molar-refractivity contribution < 1.29 is 0 Å². The maximum absolute atomic E-state index is 2.52. The van der Waals surface area contributed by atoms with Crippen LogP contribution in [0.2, 0.25) is 0 Å². The molecule has 0 N–H and O–H groups in total. The van der Waals surface area contributed by atoms with Crippen molar-refractivity contribution in [3.8, 4) is 44.5 Å². The van der Waals surface area contributed by atoms with Crippen molar-refractivity contribution in [3.05, 3.63) is 283 Å². The molecule has 0 radical (unpaired) electrons. The van der Waals surface area contributed by atoms with Crippen LogP contribution in [0.15, 0.2) is 261 Å². The summed E-state index contributed by atoms with van der Waals surface area (Å²) < 4.78 is 0. The zero-order valence-corrected chi connectivity index (χ0v) is 35.3. The predicted octanol–water partition coefficient (Wildman–Crippen LogP) is 16.8. The fourth-order valence-electron chi connectivity index (χ4n) is 10.5. The van der Waals surface area contributed by atoms with Crippen LogP contribution in [0.1, 0.15) is 22.3 Å². The Balaban J connectivity index is 1.12. The molecule has 1 nitrogen and oxygen atoms in total. The van der Waals surface area contributed by atoms with Crippen LogP contribution in [0.4, 0.5) is 17.1 Å². The Morgan fingerprint density at radius 3 is 1.27 bits per heavy atom. The van der Waals surface area contributed by atoms with Crippen LogP contribution in [-0.4, -0.2) is 0 Å². The van der Waals surface area contributed by atoms with E-state index >= 15 is 0 Å². The first-order chi connectivity index (χ1) is 31.8. The Bertz CT molecular complexity index is 3410. The van der Waals surface area contributed by atoms with Gasteiger partial charge in [-0.3, -0.25) is 0 Å². The van der Waals surface area contributed by atoms with Crippen molar-refractivity contribution >= 4 is 38.6 Å². The maximum atomic E-state index is 2.52. The van der Waals surface area contributed by atoms with Gasteiger partial charge in [0.25, 0.3) is 0 Å². The quantitative estimate of drug-likeness (QED) is 0.138. The normalized spacial score (nSPS) is 12.5. The van der Waals surface area contributed by atoms with E-state index in [-0.39, 0.29) is 0 Å². The highest BCUT2D eigenvalue weighted by Crippen LogP contribution is 2.58. The summed E-state index contributed by atoms with van der Waals surface area (Å²) in [5, 5.41) is 4.89. The third-order valence-electron chi connectivity index (χ3n) is 13.3. The van der Waals surface area contributed by atoms with E-state index in [0.29, 0.717) is 0 Å². The molecule has 64 heavy (non-hydrogen) atoms. The van der Waals surface area contributed by atoms with Crippen LogP contribution in [0.5, 0.6) is 0 Å². The van der Waals surface area contributed by atoms with Crippen molar-refractivity contribution in [3.63, 3.8) is 0 Å². The van der Waals surface area contributed by atoms with Crippen LogP contribution < -0.4 is 4.90 Å². The molecule has 0 saturated carbocycles. The second kappa shape index (κ2) is 15.6. The van der Waals surface area contributed by atoms with Gasteiger partial charge in [0.2, 0.25) is 0 Å². The monoisotopic (exact) mass is 813 g/mol. The molecule has 0 spiro atoms. The lowest BCUT2D eigenvalue weighted by Crippen LogP contribution is -2.28. The molecule has 300 valence electrons. The number of nitrogens with zero attached hydrogens (tertiary/aromatic N) is 1. The third kappa shape index (κ3) is 6.01. The highest BCUT2D eigenvalue weighted by atomic mass is 15.1. The molecule has 0 aliphatic heterocycles. The van der Waals surface area contributed by atoms with Gasteiger partial charge in [-0.1, -0.05) is 237 Å². The van der Waals surface area contributed by atoms with Gasteiger partial charge in [0, 0.05) is 22.3 Å². The molecule has 1 heteroatoms. The van der Waals surface area contributed by atoms with E-state index in [1.807, 2.05) is 0 Å². The number of hydrogen-bond donors (Lipinski definition) is 0. The van der Waals surface area contributed by atoms with Crippen LogP contribution in [0.3, 0.4) is 0 Å². The molecule has 11 aromatic carbocycles. The van der Waals surface area contributed by atoms with Gasteiger partial charge in [0.05, 0.1) is 11.1 Å². The second-order valence-electron chi connectivity index (χ2n) is 16.8. The average molecular weight is 814 g/mol. The van der Waals surface area contributed by atoms with E-state index < -0.39 is 5.41 Å². The average Bonchev–Trinajstić information content (AvgIpc) is 3.68. The number of fused-ring (bicyclic) bond motifs is 6. The smallest absolute Gasteiger partial charge is 0.0713 e. The minimum atomic E-state index is -0.486.